The van der Waals surface area contributed by atoms with Crippen molar-refractivity contribution in [3.8, 4) is 33.6 Å². The van der Waals surface area contributed by atoms with E-state index in [9.17, 15) is 0 Å². The molecule has 0 aliphatic rings. The Morgan fingerprint density at radius 3 is 1.01 bits per heavy atom. The average Bonchev–Trinajstić information content (AvgIpc) is 4.28. The zero-order chi connectivity index (χ0) is 52.7. The molecular formula is C75H54N4. The largest absolute Gasteiger partial charge is 0.345 e. The lowest BCUT2D eigenvalue weighted by molar-refractivity contribution is 1.18. The first kappa shape index (κ1) is 47.1. The van der Waals surface area contributed by atoms with Crippen LogP contribution < -0.4 is 9.80 Å². The second-order valence-electron chi connectivity index (χ2n) is 20.1. The van der Waals surface area contributed by atoms with Gasteiger partial charge in [-0.2, -0.15) is 0 Å². The van der Waals surface area contributed by atoms with Gasteiger partial charge in [-0.05, 0) is 153 Å². The van der Waals surface area contributed by atoms with Gasteiger partial charge in [0.05, 0.1) is 22.1 Å². The molecule has 4 heteroatoms. The summed E-state index contributed by atoms with van der Waals surface area (Å²) >= 11 is 0. The normalized spacial score (nSPS) is 11.4. The van der Waals surface area contributed by atoms with E-state index in [4.69, 9.17) is 0 Å². The SMILES string of the molecule is CN(c1ccc2c(-c3ccccc3)c3cc(N(c4ccccc4)c4ccc5c(c4)c4ccccc4n5-c4ccccc4)ccc3c(-c3ccccc3)c2c1)c1ccc2c(c1)c1ccccc1n2-c1ccccc1.c1ccccc1. The van der Waals surface area contributed by atoms with Gasteiger partial charge in [-0.15, -0.1) is 0 Å². The molecule has 13 aromatic carbocycles. The van der Waals surface area contributed by atoms with Crippen molar-refractivity contribution in [3.05, 3.63) is 309 Å². The molecule has 0 spiro atoms. The maximum Gasteiger partial charge on any atom is 0.0542 e. The average molecular weight is 1010 g/mol. The Hall–Kier alpha value is -10.4. The van der Waals surface area contributed by atoms with E-state index in [-0.39, 0.29) is 0 Å². The number of fused-ring (bicyclic) bond motifs is 8. The molecule has 0 aliphatic heterocycles. The van der Waals surface area contributed by atoms with Crippen molar-refractivity contribution in [1.29, 1.82) is 0 Å². The predicted octanol–water partition coefficient (Wildman–Crippen LogP) is 20.4. The van der Waals surface area contributed by atoms with E-state index in [2.05, 4.69) is 299 Å². The van der Waals surface area contributed by atoms with Gasteiger partial charge >= 0.3 is 0 Å². The molecule has 2 heterocycles. The summed E-state index contributed by atoms with van der Waals surface area (Å²) < 4.78 is 4.76. The van der Waals surface area contributed by atoms with Gasteiger partial charge in [-0.1, -0.05) is 200 Å². The highest BCUT2D eigenvalue weighted by Crippen LogP contribution is 2.48. The van der Waals surface area contributed by atoms with Crippen LogP contribution in [0, 0.1) is 0 Å². The van der Waals surface area contributed by atoms with Gasteiger partial charge in [0.25, 0.3) is 0 Å². The Morgan fingerprint density at radius 2 is 0.544 bits per heavy atom. The third-order valence-electron chi connectivity index (χ3n) is 15.5. The van der Waals surface area contributed by atoms with Crippen LogP contribution in [0.1, 0.15) is 0 Å². The van der Waals surface area contributed by atoms with Crippen LogP contribution >= 0.6 is 0 Å². The molecule has 4 nitrogen and oxygen atoms in total. The molecule has 2 aromatic heterocycles. The van der Waals surface area contributed by atoms with Crippen LogP contribution in [0.3, 0.4) is 0 Å². The minimum Gasteiger partial charge on any atom is -0.345 e. The van der Waals surface area contributed by atoms with Gasteiger partial charge in [0.15, 0.2) is 0 Å². The summed E-state index contributed by atoms with van der Waals surface area (Å²) in [6, 6.07) is 112. The molecule has 79 heavy (non-hydrogen) atoms. The lowest BCUT2D eigenvalue weighted by Gasteiger charge is -2.27. The molecule has 0 unspecified atom stereocenters. The van der Waals surface area contributed by atoms with E-state index >= 15 is 0 Å². The van der Waals surface area contributed by atoms with Gasteiger partial charge in [0, 0.05) is 68.4 Å². The van der Waals surface area contributed by atoms with Crippen molar-refractivity contribution >= 4 is 93.6 Å². The zero-order valence-electron chi connectivity index (χ0n) is 43.7. The summed E-state index contributed by atoms with van der Waals surface area (Å²) in [6.45, 7) is 0. The first-order chi connectivity index (χ1) is 39.2. The monoisotopic (exact) mass is 1010 g/mol. The van der Waals surface area contributed by atoms with Gasteiger partial charge in [0.2, 0.25) is 0 Å². The van der Waals surface area contributed by atoms with Crippen LogP contribution in [0.2, 0.25) is 0 Å². The molecule has 0 saturated carbocycles. The van der Waals surface area contributed by atoms with Crippen LogP contribution in [0.15, 0.2) is 309 Å². The van der Waals surface area contributed by atoms with Crippen molar-refractivity contribution in [2.75, 3.05) is 16.8 Å². The van der Waals surface area contributed by atoms with Crippen molar-refractivity contribution < 1.29 is 0 Å². The highest BCUT2D eigenvalue weighted by atomic mass is 15.1. The summed E-state index contributed by atoms with van der Waals surface area (Å²) in [5, 5.41) is 9.70. The van der Waals surface area contributed by atoms with Crippen LogP contribution in [-0.2, 0) is 0 Å². The number of aromatic nitrogens is 2. The maximum absolute atomic E-state index is 2.43. The molecule has 0 fully saturated rings. The molecule has 374 valence electrons. The van der Waals surface area contributed by atoms with Crippen LogP contribution in [0.5, 0.6) is 0 Å². The number of hydrogen-bond donors (Lipinski definition) is 0. The predicted molar refractivity (Wildman–Crippen MR) is 337 cm³/mol. The Kier molecular flexibility index (Phi) is 12.1. The topological polar surface area (TPSA) is 16.3 Å². The number of nitrogens with zero attached hydrogens (tertiary/aromatic N) is 4. The van der Waals surface area contributed by atoms with Crippen molar-refractivity contribution in [2.45, 2.75) is 0 Å². The number of para-hydroxylation sites is 5. The molecule has 15 rings (SSSR count). The third-order valence-corrected chi connectivity index (χ3v) is 15.5. The summed E-state index contributed by atoms with van der Waals surface area (Å²) in [5.74, 6) is 0. The maximum atomic E-state index is 2.43. The van der Waals surface area contributed by atoms with E-state index in [1.807, 2.05) is 36.4 Å². The molecule has 0 bridgehead atoms. The van der Waals surface area contributed by atoms with Gasteiger partial charge < -0.3 is 18.9 Å². The van der Waals surface area contributed by atoms with Crippen molar-refractivity contribution in [3.63, 3.8) is 0 Å². The first-order valence-electron chi connectivity index (χ1n) is 27.1. The lowest BCUT2D eigenvalue weighted by atomic mass is 9.85. The minimum atomic E-state index is 1.08. The molecule has 0 aliphatic carbocycles. The van der Waals surface area contributed by atoms with Crippen LogP contribution in [0.4, 0.5) is 28.4 Å². The van der Waals surface area contributed by atoms with E-state index in [0.717, 1.165) is 39.8 Å². The molecule has 0 amide bonds. The fraction of sp³-hybridized carbons (Fsp3) is 0.0133. The fourth-order valence-corrected chi connectivity index (χ4v) is 11.9. The molecule has 15 aromatic rings. The van der Waals surface area contributed by atoms with E-state index in [0.29, 0.717) is 0 Å². The minimum absolute atomic E-state index is 1.08. The van der Waals surface area contributed by atoms with Gasteiger partial charge in [-0.3, -0.25) is 0 Å². The summed E-state index contributed by atoms with van der Waals surface area (Å²) in [4.78, 5) is 4.75. The third kappa shape index (κ3) is 8.44. The standard InChI is InChI=1S/C69H48N4.C6H6/c1-70(53-37-41-66-60(43-53)56-31-17-19-33-64(56)72(66)50-27-13-5-14-28-50)52-35-39-58-62(44-52)68(47-21-7-2-8-22-47)59-40-36-54(46-63(59)69(58)48-23-9-3-10-24-48)71(49-25-11-4-12-26-49)55-38-42-67-61(45-55)57-32-18-20-34-65(57)73(67)51-29-15-6-16-30-51;1-2-4-6-5-3-1/h2-46H,1H3;1-6H. The highest BCUT2D eigenvalue weighted by molar-refractivity contribution is 6.23. The highest BCUT2D eigenvalue weighted by Gasteiger charge is 2.23. The summed E-state index contributed by atoms with van der Waals surface area (Å²) in [6.07, 6.45) is 0. The second-order valence-corrected chi connectivity index (χ2v) is 20.1. The van der Waals surface area contributed by atoms with Gasteiger partial charge in [-0.25, -0.2) is 0 Å². The summed E-state index contributed by atoms with van der Waals surface area (Å²) in [7, 11) is 2.20. The summed E-state index contributed by atoms with van der Waals surface area (Å²) in [5.41, 5.74) is 17.4. The first-order valence-corrected chi connectivity index (χ1v) is 27.1. The molecular weight excluding hydrogens is 957 g/mol. The Labute approximate surface area is 460 Å². The second kappa shape index (κ2) is 20.3. The lowest BCUT2D eigenvalue weighted by Crippen LogP contribution is -2.10. The quantitative estimate of drug-likeness (QED) is 0.134. The number of benzene rings is 13. The van der Waals surface area contributed by atoms with Crippen molar-refractivity contribution in [2.24, 2.45) is 0 Å². The number of hydrogen-bond acceptors (Lipinski definition) is 2. The molecule has 0 N–H and O–H groups in total. The number of anilines is 5. The van der Waals surface area contributed by atoms with E-state index < -0.39 is 0 Å². The van der Waals surface area contributed by atoms with E-state index in [1.165, 1.54) is 87.4 Å². The van der Waals surface area contributed by atoms with Crippen LogP contribution in [-0.4, -0.2) is 16.2 Å². The smallest absolute Gasteiger partial charge is 0.0542 e. The van der Waals surface area contributed by atoms with Crippen LogP contribution in [0.25, 0.3) is 98.8 Å². The number of rotatable bonds is 9. The van der Waals surface area contributed by atoms with Crippen molar-refractivity contribution in [1.82, 2.24) is 9.13 Å². The fourth-order valence-electron chi connectivity index (χ4n) is 11.9. The molecule has 0 atom stereocenters. The Balaban J connectivity index is 0.000000884. The zero-order valence-corrected chi connectivity index (χ0v) is 43.7. The van der Waals surface area contributed by atoms with Gasteiger partial charge in [0.1, 0.15) is 0 Å². The Morgan fingerprint density at radius 1 is 0.228 bits per heavy atom. The molecule has 0 radical (unpaired) electrons. The molecule has 0 saturated heterocycles. The Bertz CT molecular complexity index is 4620. The van der Waals surface area contributed by atoms with E-state index in [1.54, 1.807) is 0 Å².